The summed E-state index contributed by atoms with van der Waals surface area (Å²) >= 11 is 6.98. The molecule has 55 heavy (non-hydrogen) atoms. The van der Waals surface area contributed by atoms with Crippen LogP contribution in [0.4, 0.5) is 11.4 Å². The topological polar surface area (TPSA) is 158 Å². The molecule has 4 aliphatic rings. The number of amides is 2. The number of nitrogens with one attached hydrogen (secondary N) is 2. The maximum Gasteiger partial charge on any atom is 0.309 e. The summed E-state index contributed by atoms with van der Waals surface area (Å²) in [6, 6.07) is 11.2. The number of carbonyl (C=O) groups is 3. The van der Waals surface area contributed by atoms with Crippen LogP contribution in [0.2, 0.25) is 5.02 Å². The Labute approximate surface area is 325 Å². The van der Waals surface area contributed by atoms with Gasteiger partial charge in [-0.05, 0) is 80.7 Å². The van der Waals surface area contributed by atoms with E-state index in [-0.39, 0.29) is 23.8 Å². The van der Waals surface area contributed by atoms with Crippen LogP contribution in [-0.4, -0.2) is 89.7 Å². The average Bonchev–Trinajstić information content (AvgIpc) is 3.93. The van der Waals surface area contributed by atoms with Gasteiger partial charge in [-0.15, -0.1) is 0 Å². The van der Waals surface area contributed by atoms with E-state index < -0.39 is 11.4 Å². The fourth-order valence-electron chi connectivity index (χ4n) is 9.70. The number of fused-ring (bicyclic) bond motifs is 4. The molecule has 2 fully saturated rings. The van der Waals surface area contributed by atoms with Gasteiger partial charge in [0.05, 0.1) is 34.1 Å². The summed E-state index contributed by atoms with van der Waals surface area (Å²) in [6.45, 7) is 6.40. The zero-order valence-electron chi connectivity index (χ0n) is 31.8. The molecule has 0 radical (unpaired) electrons. The van der Waals surface area contributed by atoms with Gasteiger partial charge in [0.25, 0.3) is 11.8 Å². The van der Waals surface area contributed by atoms with Crippen molar-refractivity contribution in [1.29, 1.82) is 0 Å². The molecule has 2 aromatic heterocycles. The van der Waals surface area contributed by atoms with Gasteiger partial charge in [0.2, 0.25) is 0 Å². The first kappa shape index (κ1) is 37.4. The van der Waals surface area contributed by atoms with Gasteiger partial charge in [-0.2, -0.15) is 0 Å². The summed E-state index contributed by atoms with van der Waals surface area (Å²) in [4.78, 5) is 53.3. The maximum atomic E-state index is 13.8. The lowest BCUT2D eigenvalue weighted by molar-refractivity contribution is -0.148. The van der Waals surface area contributed by atoms with Gasteiger partial charge in [-0.3, -0.25) is 24.2 Å². The number of carbonyl (C=O) groups excluding carboxylic acids is 2. The van der Waals surface area contributed by atoms with Crippen molar-refractivity contribution in [2.75, 3.05) is 43.4 Å². The highest BCUT2D eigenvalue weighted by atomic mass is 35.5. The minimum atomic E-state index is -0.623. The third-order valence-corrected chi connectivity index (χ3v) is 13.4. The number of hydrogen-bond acceptors (Lipinski definition) is 8. The molecule has 4 heterocycles. The normalized spacial score (nSPS) is 22.1. The van der Waals surface area contributed by atoms with Gasteiger partial charge in [-0.25, -0.2) is 9.97 Å². The number of carboxylic acid groups (broad SMARTS) is 1. The van der Waals surface area contributed by atoms with Crippen molar-refractivity contribution in [2.45, 2.75) is 71.4 Å². The molecule has 2 bridgehead atoms. The van der Waals surface area contributed by atoms with E-state index in [1.807, 2.05) is 60.5 Å². The number of hydrogen-bond donors (Lipinski definition) is 4. The molecule has 0 atom stereocenters. The smallest absolute Gasteiger partial charge is 0.309 e. The molecule has 0 saturated heterocycles. The van der Waals surface area contributed by atoms with Crippen LogP contribution in [0.3, 0.4) is 0 Å². The Kier molecular flexibility index (Phi) is 9.85. The lowest BCUT2D eigenvalue weighted by Crippen LogP contribution is -2.34. The summed E-state index contributed by atoms with van der Waals surface area (Å²) in [5.74, 6) is -0.630. The van der Waals surface area contributed by atoms with Gasteiger partial charge in [0.1, 0.15) is 0 Å². The number of aliphatic hydroxyl groups is 1. The monoisotopic (exact) mass is 768 g/mol. The van der Waals surface area contributed by atoms with E-state index in [4.69, 9.17) is 16.6 Å². The number of nitrogens with zero attached hydrogens (tertiary/aromatic N) is 6. The molecule has 2 aromatic carbocycles. The second-order valence-corrected chi connectivity index (χ2v) is 16.5. The first-order chi connectivity index (χ1) is 26.4. The predicted octanol–water partition coefficient (Wildman–Crippen LogP) is 5.42. The Morgan fingerprint density at radius 1 is 0.800 bits per heavy atom. The highest BCUT2D eigenvalue weighted by Gasteiger charge is 2.57. The molecule has 4 aromatic rings. The van der Waals surface area contributed by atoms with E-state index in [1.54, 1.807) is 6.07 Å². The number of aliphatic hydroxyl groups excluding tert-OH is 1. The second kappa shape index (κ2) is 14.5. The number of carboxylic acids is 1. The number of aliphatic carboxylic acids is 1. The number of anilines is 2. The first-order valence-corrected chi connectivity index (χ1v) is 19.7. The SMILES string of the molecule is Cc1c(NC(=O)c2nc3c(n2C)CCN(CCC24CCC(C(=O)O)(CC2)C4)C3)cccc1-c1cccc(NC(=O)c2nc3c(n2C)CCN(CCO)C3)c1Cl. The quantitative estimate of drug-likeness (QED) is 0.156. The zero-order valence-corrected chi connectivity index (χ0v) is 32.5. The predicted molar refractivity (Wildman–Crippen MR) is 209 cm³/mol. The van der Waals surface area contributed by atoms with E-state index in [2.05, 4.69) is 25.4 Å². The van der Waals surface area contributed by atoms with Crippen molar-refractivity contribution in [3.8, 4) is 11.1 Å². The Hall–Kier alpha value is -4.56. The number of halogens is 1. The number of imidazole rings is 2. The fourth-order valence-corrected chi connectivity index (χ4v) is 9.98. The summed E-state index contributed by atoms with van der Waals surface area (Å²) in [5.41, 5.74) is 6.91. The highest BCUT2D eigenvalue weighted by Crippen LogP contribution is 2.63. The largest absolute Gasteiger partial charge is 0.481 e. The van der Waals surface area contributed by atoms with Crippen molar-refractivity contribution in [1.82, 2.24) is 28.9 Å². The van der Waals surface area contributed by atoms with Crippen LogP contribution in [0.25, 0.3) is 11.1 Å². The minimum Gasteiger partial charge on any atom is -0.481 e. The maximum absolute atomic E-state index is 13.8. The molecule has 0 spiro atoms. The Morgan fingerprint density at radius 2 is 1.35 bits per heavy atom. The Bertz CT molecular complexity index is 2180. The van der Waals surface area contributed by atoms with Crippen molar-refractivity contribution in [3.63, 3.8) is 0 Å². The highest BCUT2D eigenvalue weighted by molar-refractivity contribution is 6.36. The lowest BCUT2D eigenvalue weighted by atomic mass is 9.80. The summed E-state index contributed by atoms with van der Waals surface area (Å²) in [5, 5.41) is 25.6. The number of rotatable bonds is 11. The fraction of sp³-hybridized carbons (Fsp3) is 0.488. The van der Waals surface area contributed by atoms with E-state index in [9.17, 15) is 24.6 Å². The van der Waals surface area contributed by atoms with Crippen LogP contribution in [0.5, 0.6) is 0 Å². The van der Waals surface area contributed by atoms with Gasteiger partial charge < -0.3 is 30.0 Å². The number of β-amino-alcohol motifs (C(OH)–C–C–N with tert-alkyl or cyclic N) is 1. The summed E-state index contributed by atoms with van der Waals surface area (Å²) < 4.78 is 3.74. The van der Waals surface area contributed by atoms with Crippen LogP contribution in [0.15, 0.2) is 36.4 Å². The molecule has 14 heteroatoms. The Balaban J connectivity index is 0.942. The van der Waals surface area contributed by atoms with E-state index in [0.717, 1.165) is 105 Å². The average molecular weight is 769 g/mol. The molecule has 0 unspecified atom stereocenters. The van der Waals surface area contributed by atoms with E-state index in [1.165, 1.54) is 0 Å². The summed E-state index contributed by atoms with van der Waals surface area (Å²) in [7, 11) is 3.74. The molecular weight excluding hydrogens is 720 g/mol. The molecular formula is C41H49ClN8O5. The second-order valence-electron chi connectivity index (χ2n) is 16.1. The van der Waals surface area contributed by atoms with Gasteiger partial charge >= 0.3 is 5.97 Å². The van der Waals surface area contributed by atoms with Crippen LogP contribution in [0.1, 0.15) is 88.1 Å². The minimum absolute atomic E-state index is 0.0758. The van der Waals surface area contributed by atoms with Gasteiger partial charge in [0.15, 0.2) is 11.6 Å². The molecule has 2 aliphatic carbocycles. The van der Waals surface area contributed by atoms with Crippen molar-refractivity contribution < 1.29 is 24.6 Å². The molecule has 2 saturated carbocycles. The molecule has 290 valence electrons. The van der Waals surface area contributed by atoms with Crippen LogP contribution in [0, 0.1) is 17.8 Å². The zero-order chi connectivity index (χ0) is 38.6. The molecule has 2 aliphatic heterocycles. The van der Waals surface area contributed by atoms with E-state index >= 15 is 0 Å². The standard InChI is InChI=1S/C41H49ClN8O5/c1-25-26(27-7-5-9-29(34(27)42)46-38(53)36-44-31-23-50(20-21-51)18-11-33(31)48(36)3)6-4-8-28(25)45-37(52)35-43-30-22-49(17-10-32(30)47(35)2)19-16-40-12-14-41(24-40,15-13-40)39(54)55/h4-9,51H,10-24H2,1-3H3,(H,45,52)(H,46,53)(H,54,55). The summed E-state index contributed by atoms with van der Waals surface area (Å²) in [6.07, 6.45) is 6.95. The third kappa shape index (κ3) is 6.74. The third-order valence-electron chi connectivity index (χ3n) is 13.0. The van der Waals surface area contributed by atoms with E-state index in [0.29, 0.717) is 53.2 Å². The number of benzene rings is 2. The van der Waals surface area contributed by atoms with Crippen molar-refractivity contribution in [2.24, 2.45) is 24.9 Å². The molecule has 2 amide bonds. The van der Waals surface area contributed by atoms with Crippen LogP contribution in [-0.2, 0) is 44.8 Å². The molecule has 4 N–H and O–H groups in total. The lowest BCUT2D eigenvalue weighted by Gasteiger charge is -2.32. The Morgan fingerprint density at radius 3 is 1.91 bits per heavy atom. The molecule has 13 nitrogen and oxygen atoms in total. The van der Waals surface area contributed by atoms with Gasteiger partial charge in [-0.1, -0.05) is 35.9 Å². The molecule has 8 rings (SSSR count). The van der Waals surface area contributed by atoms with Crippen molar-refractivity contribution in [3.05, 3.63) is 81.4 Å². The van der Waals surface area contributed by atoms with Crippen molar-refractivity contribution >= 4 is 40.8 Å². The van der Waals surface area contributed by atoms with Crippen LogP contribution < -0.4 is 10.6 Å². The van der Waals surface area contributed by atoms with Gasteiger partial charge in [0, 0.05) is 82.3 Å². The van der Waals surface area contributed by atoms with Crippen LogP contribution >= 0.6 is 11.6 Å². The first-order valence-electron chi connectivity index (χ1n) is 19.3. The number of aromatic nitrogens is 4.